The third kappa shape index (κ3) is 4.85. The van der Waals surface area contributed by atoms with Crippen molar-refractivity contribution in [3.63, 3.8) is 0 Å². The van der Waals surface area contributed by atoms with Crippen molar-refractivity contribution in [2.45, 2.75) is 25.7 Å². The summed E-state index contributed by atoms with van der Waals surface area (Å²) in [4.78, 5) is 11.1. The first kappa shape index (κ1) is 14.9. The fraction of sp³-hybridized carbons (Fsp3) is 0.562. The number of benzene rings is 1. The molecule has 1 saturated heterocycles. The highest BCUT2D eigenvalue weighted by Gasteiger charge is 2.13. The SMILES string of the molecule is COC(=O)CCc1ccc(OCC2CCCNC2)cc1. The Kier molecular flexibility index (Phi) is 5.87. The molecule has 110 valence electrons. The Morgan fingerprint density at radius 3 is 2.80 bits per heavy atom. The van der Waals surface area contributed by atoms with E-state index >= 15 is 0 Å². The molecular formula is C16H23NO3. The predicted molar refractivity (Wildman–Crippen MR) is 77.9 cm³/mol. The highest BCUT2D eigenvalue weighted by atomic mass is 16.5. The Bertz CT molecular complexity index is 410. The molecule has 0 aliphatic carbocycles. The molecule has 0 amide bonds. The number of carbonyl (C=O) groups excluding carboxylic acids is 1. The molecule has 0 radical (unpaired) electrons. The van der Waals surface area contributed by atoms with Crippen molar-refractivity contribution < 1.29 is 14.3 Å². The molecule has 1 aliphatic heterocycles. The minimum atomic E-state index is -0.171. The Morgan fingerprint density at radius 1 is 1.35 bits per heavy atom. The van der Waals surface area contributed by atoms with Crippen LogP contribution in [0.1, 0.15) is 24.8 Å². The minimum absolute atomic E-state index is 0.171. The predicted octanol–water partition coefficient (Wildman–Crippen LogP) is 2.17. The first-order valence-electron chi connectivity index (χ1n) is 7.27. The monoisotopic (exact) mass is 277 g/mol. The molecule has 1 aromatic carbocycles. The van der Waals surface area contributed by atoms with Crippen molar-refractivity contribution in [3.8, 4) is 5.75 Å². The number of aryl methyl sites for hydroxylation is 1. The minimum Gasteiger partial charge on any atom is -0.493 e. The van der Waals surface area contributed by atoms with Crippen molar-refractivity contribution >= 4 is 5.97 Å². The van der Waals surface area contributed by atoms with E-state index in [0.29, 0.717) is 18.8 Å². The van der Waals surface area contributed by atoms with Crippen LogP contribution in [0.2, 0.25) is 0 Å². The van der Waals surface area contributed by atoms with Crippen LogP contribution in [-0.4, -0.2) is 32.8 Å². The van der Waals surface area contributed by atoms with Crippen LogP contribution >= 0.6 is 0 Å². The maximum Gasteiger partial charge on any atom is 0.305 e. The van der Waals surface area contributed by atoms with Crippen LogP contribution in [0.5, 0.6) is 5.75 Å². The van der Waals surface area contributed by atoms with Crippen LogP contribution in [0, 0.1) is 5.92 Å². The van der Waals surface area contributed by atoms with Gasteiger partial charge in [-0.3, -0.25) is 4.79 Å². The van der Waals surface area contributed by atoms with Gasteiger partial charge in [-0.1, -0.05) is 12.1 Å². The van der Waals surface area contributed by atoms with Crippen LogP contribution < -0.4 is 10.1 Å². The zero-order valence-corrected chi connectivity index (χ0v) is 12.1. The largest absolute Gasteiger partial charge is 0.493 e. The Balaban J connectivity index is 1.74. The quantitative estimate of drug-likeness (QED) is 0.810. The number of hydrogen-bond acceptors (Lipinski definition) is 4. The molecule has 1 fully saturated rings. The van der Waals surface area contributed by atoms with E-state index < -0.39 is 0 Å². The van der Waals surface area contributed by atoms with Gasteiger partial charge in [0.25, 0.3) is 0 Å². The van der Waals surface area contributed by atoms with E-state index in [1.54, 1.807) is 0 Å². The number of carbonyl (C=O) groups is 1. The molecule has 1 unspecified atom stereocenters. The van der Waals surface area contributed by atoms with Gasteiger partial charge in [-0.2, -0.15) is 0 Å². The van der Waals surface area contributed by atoms with Gasteiger partial charge >= 0.3 is 5.97 Å². The summed E-state index contributed by atoms with van der Waals surface area (Å²) in [5.41, 5.74) is 1.13. The Labute approximate surface area is 120 Å². The summed E-state index contributed by atoms with van der Waals surface area (Å²) in [6.07, 6.45) is 3.61. The number of piperidine rings is 1. The van der Waals surface area contributed by atoms with Crippen molar-refractivity contribution in [2.24, 2.45) is 5.92 Å². The maximum atomic E-state index is 11.1. The topological polar surface area (TPSA) is 47.6 Å². The summed E-state index contributed by atoms with van der Waals surface area (Å²) in [7, 11) is 1.42. The third-order valence-corrected chi connectivity index (χ3v) is 3.65. The van der Waals surface area contributed by atoms with Crippen molar-refractivity contribution in [1.29, 1.82) is 0 Å². The number of methoxy groups -OCH3 is 1. The molecule has 2 rings (SSSR count). The Hall–Kier alpha value is -1.55. The number of nitrogens with one attached hydrogen (secondary N) is 1. The molecule has 1 aliphatic rings. The van der Waals surface area contributed by atoms with E-state index in [2.05, 4.69) is 10.1 Å². The molecule has 4 heteroatoms. The average molecular weight is 277 g/mol. The molecule has 0 saturated carbocycles. The lowest BCUT2D eigenvalue weighted by Gasteiger charge is -2.22. The third-order valence-electron chi connectivity index (χ3n) is 3.65. The Morgan fingerprint density at radius 2 is 2.15 bits per heavy atom. The zero-order valence-electron chi connectivity index (χ0n) is 12.1. The van der Waals surface area contributed by atoms with Gasteiger partial charge in [0.05, 0.1) is 13.7 Å². The number of hydrogen-bond donors (Lipinski definition) is 1. The first-order valence-corrected chi connectivity index (χ1v) is 7.27. The molecule has 4 nitrogen and oxygen atoms in total. The van der Waals surface area contributed by atoms with Crippen LogP contribution in [-0.2, 0) is 16.0 Å². The second-order valence-electron chi connectivity index (χ2n) is 5.24. The highest BCUT2D eigenvalue weighted by molar-refractivity contribution is 5.69. The standard InChI is InChI=1S/C16H23NO3/c1-19-16(18)9-6-13-4-7-15(8-5-13)20-12-14-3-2-10-17-11-14/h4-5,7-8,14,17H,2-3,6,9-12H2,1H3. The van der Waals surface area contributed by atoms with Gasteiger partial charge in [0.2, 0.25) is 0 Å². The second kappa shape index (κ2) is 7.90. The maximum absolute atomic E-state index is 11.1. The number of ether oxygens (including phenoxy) is 2. The fourth-order valence-electron chi connectivity index (χ4n) is 2.38. The van der Waals surface area contributed by atoms with Gasteiger partial charge < -0.3 is 14.8 Å². The smallest absolute Gasteiger partial charge is 0.305 e. The van der Waals surface area contributed by atoms with E-state index in [-0.39, 0.29) is 5.97 Å². The molecule has 0 spiro atoms. The molecule has 1 heterocycles. The summed E-state index contributed by atoms with van der Waals surface area (Å²) in [6.45, 7) is 2.96. The van der Waals surface area contributed by atoms with Crippen molar-refractivity contribution in [2.75, 3.05) is 26.8 Å². The van der Waals surface area contributed by atoms with E-state index in [0.717, 1.165) is 31.0 Å². The summed E-state index contributed by atoms with van der Waals surface area (Å²) in [5.74, 6) is 1.34. The van der Waals surface area contributed by atoms with Gasteiger partial charge in [-0.25, -0.2) is 0 Å². The molecule has 1 atom stereocenters. The van der Waals surface area contributed by atoms with E-state index in [1.807, 2.05) is 24.3 Å². The average Bonchev–Trinajstić information content (AvgIpc) is 2.52. The normalized spacial score (nSPS) is 18.6. The summed E-state index contributed by atoms with van der Waals surface area (Å²) >= 11 is 0. The van der Waals surface area contributed by atoms with Crippen molar-refractivity contribution in [1.82, 2.24) is 5.32 Å². The zero-order chi connectivity index (χ0) is 14.2. The van der Waals surface area contributed by atoms with Gasteiger partial charge in [0.1, 0.15) is 5.75 Å². The van der Waals surface area contributed by atoms with Crippen LogP contribution in [0.25, 0.3) is 0 Å². The van der Waals surface area contributed by atoms with E-state index in [4.69, 9.17) is 4.74 Å². The summed E-state index contributed by atoms with van der Waals surface area (Å²) in [6, 6.07) is 7.97. The lowest BCUT2D eigenvalue weighted by molar-refractivity contribution is -0.140. The van der Waals surface area contributed by atoms with Gasteiger partial charge in [0.15, 0.2) is 0 Å². The van der Waals surface area contributed by atoms with Gasteiger partial charge in [0, 0.05) is 18.9 Å². The molecule has 0 aromatic heterocycles. The summed E-state index contributed by atoms with van der Waals surface area (Å²) < 4.78 is 10.4. The molecular weight excluding hydrogens is 254 g/mol. The van der Waals surface area contributed by atoms with E-state index in [1.165, 1.54) is 20.0 Å². The first-order chi connectivity index (χ1) is 9.78. The summed E-state index contributed by atoms with van der Waals surface area (Å²) in [5, 5.41) is 3.39. The lowest BCUT2D eigenvalue weighted by atomic mass is 10.0. The van der Waals surface area contributed by atoms with Crippen LogP contribution in [0.3, 0.4) is 0 Å². The second-order valence-corrected chi connectivity index (χ2v) is 5.24. The molecule has 1 N–H and O–H groups in total. The highest BCUT2D eigenvalue weighted by Crippen LogP contribution is 2.16. The van der Waals surface area contributed by atoms with Crippen LogP contribution in [0.15, 0.2) is 24.3 Å². The van der Waals surface area contributed by atoms with Crippen molar-refractivity contribution in [3.05, 3.63) is 29.8 Å². The fourth-order valence-corrected chi connectivity index (χ4v) is 2.38. The number of rotatable bonds is 6. The lowest BCUT2D eigenvalue weighted by Crippen LogP contribution is -2.33. The van der Waals surface area contributed by atoms with Crippen LogP contribution in [0.4, 0.5) is 0 Å². The molecule has 1 aromatic rings. The van der Waals surface area contributed by atoms with E-state index in [9.17, 15) is 4.79 Å². The number of esters is 1. The van der Waals surface area contributed by atoms with Gasteiger partial charge in [-0.15, -0.1) is 0 Å². The molecule has 20 heavy (non-hydrogen) atoms. The molecule has 0 bridgehead atoms. The van der Waals surface area contributed by atoms with Gasteiger partial charge in [-0.05, 0) is 43.5 Å².